The molecule has 0 amide bonds. The number of aromatic nitrogens is 2. The molecule has 6 nitrogen and oxygen atoms in total. The van der Waals surface area contributed by atoms with Gasteiger partial charge in [-0.15, -0.1) is 0 Å². The molecular weight excluding hydrogens is 292 g/mol. The van der Waals surface area contributed by atoms with Crippen LogP contribution in [0.2, 0.25) is 0 Å². The van der Waals surface area contributed by atoms with Gasteiger partial charge in [0.2, 0.25) is 0 Å². The molecule has 6 heteroatoms. The third kappa shape index (κ3) is 4.12. The molecule has 1 saturated heterocycles. The fourth-order valence-electron chi connectivity index (χ4n) is 3.72. The topological polar surface area (TPSA) is 62.4 Å². The van der Waals surface area contributed by atoms with Crippen LogP contribution in [-0.4, -0.2) is 61.3 Å². The van der Waals surface area contributed by atoms with Crippen LogP contribution in [0.25, 0.3) is 0 Å². The second-order valence-electron chi connectivity index (χ2n) is 6.89. The van der Waals surface area contributed by atoms with Crippen molar-refractivity contribution in [3.8, 4) is 0 Å². The van der Waals surface area contributed by atoms with Crippen molar-refractivity contribution >= 4 is 0 Å². The molecule has 1 spiro atoms. The third-order valence-electron chi connectivity index (χ3n) is 5.11. The monoisotopic (exact) mass is 322 g/mol. The first-order valence-electron chi connectivity index (χ1n) is 8.86. The molecule has 1 saturated carbocycles. The minimum atomic E-state index is -0.293. The summed E-state index contributed by atoms with van der Waals surface area (Å²) in [6.45, 7) is 4.68. The molecule has 3 rings (SSSR count). The van der Waals surface area contributed by atoms with Crippen molar-refractivity contribution in [2.24, 2.45) is 0 Å². The van der Waals surface area contributed by atoms with Crippen LogP contribution < -0.4 is 5.32 Å². The fraction of sp³-hybridized carbons (Fsp3) is 0.824. The molecule has 2 N–H and O–H groups in total. The first kappa shape index (κ1) is 16.9. The molecule has 2 aliphatic rings. The molecule has 2 fully saturated rings. The van der Waals surface area contributed by atoms with Crippen molar-refractivity contribution in [1.29, 1.82) is 0 Å². The summed E-state index contributed by atoms with van der Waals surface area (Å²) in [6, 6.07) is 0. The highest BCUT2D eigenvalue weighted by molar-refractivity contribution is 5.21. The van der Waals surface area contributed by atoms with Crippen molar-refractivity contribution in [1.82, 2.24) is 20.4 Å². The van der Waals surface area contributed by atoms with Gasteiger partial charge in [-0.2, -0.15) is 5.10 Å². The van der Waals surface area contributed by atoms with Crippen LogP contribution in [0.5, 0.6) is 0 Å². The molecule has 0 aromatic carbocycles. The predicted octanol–water partition coefficient (Wildman–Crippen LogP) is 1.85. The Bertz CT molecular complexity index is 475. The van der Waals surface area contributed by atoms with E-state index in [1.54, 1.807) is 0 Å². The highest BCUT2D eigenvalue weighted by Gasteiger charge is 2.39. The van der Waals surface area contributed by atoms with Gasteiger partial charge in [-0.25, -0.2) is 0 Å². The number of nitrogens with one attached hydrogen (secondary N) is 2. The van der Waals surface area contributed by atoms with Crippen molar-refractivity contribution in [2.45, 2.75) is 50.4 Å². The van der Waals surface area contributed by atoms with E-state index in [2.05, 4.69) is 27.5 Å². The number of H-pyrrole nitrogens is 1. The molecule has 0 unspecified atom stereocenters. The number of nitrogens with zero attached hydrogens (tertiary/aromatic N) is 2. The van der Waals surface area contributed by atoms with E-state index in [0.717, 1.165) is 65.0 Å². The highest BCUT2D eigenvalue weighted by Crippen LogP contribution is 2.42. The van der Waals surface area contributed by atoms with Crippen molar-refractivity contribution in [3.05, 3.63) is 17.5 Å². The molecule has 23 heavy (non-hydrogen) atoms. The van der Waals surface area contributed by atoms with Gasteiger partial charge < -0.3 is 19.7 Å². The standard InChI is InChI=1S/C17H30N4O2/c1-18-8-9-21(2)13-15-12-19-20-16(15)14-4-6-17(7-5-14)22-10-3-11-23-17/h12,14,18H,3-11,13H2,1-2H3,(H,19,20). The number of aromatic amines is 1. The van der Waals surface area contributed by atoms with Crippen LogP contribution in [0.15, 0.2) is 6.20 Å². The van der Waals surface area contributed by atoms with Gasteiger partial charge in [-0.3, -0.25) is 5.10 Å². The van der Waals surface area contributed by atoms with Crippen LogP contribution in [0, 0.1) is 0 Å². The van der Waals surface area contributed by atoms with E-state index >= 15 is 0 Å². The van der Waals surface area contributed by atoms with Gasteiger partial charge in [0.05, 0.1) is 19.4 Å². The molecule has 0 atom stereocenters. The zero-order valence-electron chi connectivity index (χ0n) is 14.4. The Balaban J connectivity index is 1.57. The van der Waals surface area contributed by atoms with Crippen molar-refractivity contribution in [2.75, 3.05) is 40.4 Å². The molecule has 0 bridgehead atoms. The lowest BCUT2D eigenvalue weighted by molar-refractivity contribution is -0.281. The van der Waals surface area contributed by atoms with Crippen LogP contribution in [-0.2, 0) is 16.0 Å². The summed E-state index contributed by atoms with van der Waals surface area (Å²) in [7, 11) is 4.15. The molecule has 2 heterocycles. The third-order valence-corrected chi connectivity index (χ3v) is 5.11. The summed E-state index contributed by atoms with van der Waals surface area (Å²) in [4.78, 5) is 2.34. The maximum atomic E-state index is 5.95. The Morgan fingerprint density at radius 3 is 2.78 bits per heavy atom. The van der Waals surface area contributed by atoms with Gasteiger partial charge in [-0.1, -0.05) is 0 Å². The Morgan fingerprint density at radius 1 is 1.35 bits per heavy atom. The Kier molecular flexibility index (Phi) is 5.69. The van der Waals surface area contributed by atoms with Crippen LogP contribution in [0.4, 0.5) is 0 Å². The number of ether oxygens (including phenoxy) is 2. The van der Waals surface area contributed by atoms with E-state index in [-0.39, 0.29) is 5.79 Å². The van der Waals surface area contributed by atoms with Crippen LogP contribution in [0.1, 0.15) is 49.3 Å². The maximum Gasteiger partial charge on any atom is 0.168 e. The Labute approximate surface area is 138 Å². The number of hydrogen-bond donors (Lipinski definition) is 2. The van der Waals surface area contributed by atoms with Crippen LogP contribution in [0.3, 0.4) is 0 Å². The molecule has 130 valence electrons. The smallest absolute Gasteiger partial charge is 0.168 e. The largest absolute Gasteiger partial charge is 0.350 e. The van der Waals surface area contributed by atoms with Crippen molar-refractivity contribution < 1.29 is 9.47 Å². The summed E-state index contributed by atoms with van der Waals surface area (Å²) in [5, 5.41) is 10.8. The Morgan fingerprint density at radius 2 is 2.09 bits per heavy atom. The lowest BCUT2D eigenvalue weighted by atomic mass is 9.82. The van der Waals surface area contributed by atoms with E-state index in [0.29, 0.717) is 5.92 Å². The maximum absolute atomic E-state index is 5.95. The van der Waals surface area contributed by atoms with E-state index in [9.17, 15) is 0 Å². The Hall–Kier alpha value is -0.950. The minimum Gasteiger partial charge on any atom is -0.350 e. The summed E-state index contributed by atoms with van der Waals surface area (Å²) in [6.07, 6.45) is 7.21. The van der Waals surface area contributed by atoms with Gasteiger partial charge in [0.15, 0.2) is 5.79 Å². The second kappa shape index (κ2) is 7.75. The van der Waals surface area contributed by atoms with Gasteiger partial charge in [0.25, 0.3) is 0 Å². The van der Waals surface area contributed by atoms with E-state index < -0.39 is 0 Å². The van der Waals surface area contributed by atoms with Gasteiger partial charge in [0, 0.05) is 49.7 Å². The number of hydrogen-bond acceptors (Lipinski definition) is 5. The minimum absolute atomic E-state index is 0.293. The molecule has 1 aliphatic carbocycles. The second-order valence-corrected chi connectivity index (χ2v) is 6.89. The zero-order chi connectivity index (χ0) is 16.1. The van der Waals surface area contributed by atoms with E-state index in [4.69, 9.17) is 9.47 Å². The van der Waals surface area contributed by atoms with E-state index in [1.807, 2.05) is 13.2 Å². The molecule has 1 aromatic rings. The molecule has 1 aromatic heterocycles. The molecule has 0 radical (unpaired) electrons. The van der Waals surface area contributed by atoms with Crippen LogP contribution >= 0.6 is 0 Å². The predicted molar refractivity (Wildman–Crippen MR) is 89.3 cm³/mol. The lowest BCUT2D eigenvalue weighted by Crippen LogP contribution is -2.43. The number of rotatable bonds is 6. The summed E-state index contributed by atoms with van der Waals surface area (Å²) < 4.78 is 11.9. The normalized spacial score (nSPS) is 22.0. The average Bonchev–Trinajstić information content (AvgIpc) is 3.02. The SMILES string of the molecule is CNCCN(C)Cc1cn[nH]c1C1CCC2(CC1)OCCCO2. The molecule has 1 aliphatic heterocycles. The lowest BCUT2D eigenvalue weighted by Gasteiger charge is -2.42. The van der Waals surface area contributed by atoms with Gasteiger partial charge in [-0.05, 0) is 33.4 Å². The quantitative estimate of drug-likeness (QED) is 0.837. The summed E-state index contributed by atoms with van der Waals surface area (Å²) >= 11 is 0. The zero-order valence-corrected chi connectivity index (χ0v) is 14.4. The summed E-state index contributed by atoms with van der Waals surface area (Å²) in [5.41, 5.74) is 2.64. The van der Waals surface area contributed by atoms with Gasteiger partial charge >= 0.3 is 0 Å². The highest BCUT2D eigenvalue weighted by atomic mass is 16.7. The number of likely N-dealkylation sites (N-methyl/N-ethyl adjacent to an activating group) is 2. The first-order valence-corrected chi connectivity index (χ1v) is 8.86. The fourth-order valence-corrected chi connectivity index (χ4v) is 3.72. The first-order chi connectivity index (χ1) is 11.2. The molecular formula is C17H30N4O2. The van der Waals surface area contributed by atoms with Crippen molar-refractivity contribution in [3.63, 3.8) is 0 Å². The van der Waals surface area contributed by atoms with E-state index in [1.165, 1.54) is 11.3 Å². The van der Waals surface area contributed by atoms with Gasteiger partial charge in [0.1, 0.15) is 0 Å². The summed E-state index contributed by atoms with van der Waals surface area (Å²) in [5.74, 6) is 0.253. The average molecular weight is 322 g/mol.